The second-order valence-electron chi connectivity index (χ2n) is 12.7. The number of halogens is 1. The van der Waals surface area contributed by atoms with Gasteiger partial charge < -0.3 is 32.0 Å². The molecule has 0 radical (unpaired) electrons. The van der Waals surface area contributed by atoms with Crippen molar-refractivity contribution in [3.63, 3.8) is 0 Å². The number of Topliss-reactive ketones (excluding diaryl/α,β-unsaturated/α-hetero) is 1. The molecule has 1 aliphatic heterocycles. The maximum absolute atomic E-state index is 14.4. The van der Waals surface area contributed by atoms with E-state index < -0.39 is 18.0 Å². The minimum atomic E-state index is -0.815. The van der Waals surface area contributed by atoms with Crippen molar-refractivity contribution in [3.05, 3.63) is 94.6 Å². The van der Waals surface area contributed by atoms with Crippen LogP contribution in [0.5, 0.6) is 0 Å². The molecule has 0 saturated carbocycles. The van der Waals surface area contributed by atoms with Gasteiger partial charge in [0, 0.05) is 70.8 Å². The molecule has 11 heteroatoms. The van der Waals surface area contributed by atoms with Crippen molar-refractivity contribution >= 4 is 51.9 Å². The van der Waals surface area contributed by atoms with Crippen LogP contribution in [0.3, 0.4) is 0 Å². The third kappa shape index (κ3) is 9.52. The van der Waals surface area contributed by atoms with E-state index in [0.29, 0.717) is 56.8 Å². The SMILES string of the molecule is CN1C(=O)[C@H](CCCCN)CC(=O)[C@H](CCCN)NCc2ccccc2Sc2cc(Cl)ccc2CNC(=O)[C@@H]1Cc1c[nH]c2ccccc12. The van der Waals surface area contributed by atoms with Gasteiger partial charge in [-0.1, -0.05) is 72.2 Å². The molecule has 3 atom stereocenters. The molecule has 2 heterocycles. The van der Waals surface area contributed by atoms with Crippen molar-refractivity contribution in [2.24, 2.45) is 17.4 Å². The largest absolute Gasteiger partial charge is 0.361 e. The topological polar surface area (TPSA) is 146 Å². The molecule has 1 aliphatic rings. The molecule has 1 aromatic heterocycles. The number of fused-ring (bicyclic) bond motifs is 3. The average molecular weight is 703 g/mol. The number of likely N-dealkylation sites (N-methyl/N-ethyl adjacent to an activating group) is 1. The Kier molecular flexibility index (Phi) is 13.3. The quantitative estimate of drug-likeness (QED) is 0.143. The third-order valence-electron chi connectivity index (χ3n) is 9.31. The number of unbranched alkanes of at least 4 members (excludes halogenated alkanes) is 1. The molecule has 49 heavy (non-hydrogen) atoms. The molecule has 0 aliphatic carbocycles. The van der Waals surface area contributed by atoms with Crippen LogP contribution in [0.4, 0.5) is 0 Å². The minimum absolute atomic E-state index is 0.0304. The van der Waals surface area contributed by atoms with Crippen molar-refractivity contribution in [2.75, 3.05) is 20.1 Å². The Morgan fingerprint density at radius 2 is 1.63 bits per heavy atom. The van der Waals surface area contributed by atoms with Crippen molar-refractivity contribution < 1.29 is 14.4 Å². The zero-order valence-corrected chi connectivity index (χ0v) is 29.6. The van der Waals surface area contributed by atoms with Crippen molar-refractivity contribution in [3.8, 4) is 0 Å². The number of hydrogen-bond acceptors (Lipinski definition) is 7. The van der Waals surface area contributed by atoms with E-state index in [-0.39, 0.29) is 30.6 Å². The maximum Gasteiger partial charge on any atom is 0.243 e. The van der Waals surface area contributed by atoms with Crippen LogP contribution in [0.1, 0.15) is 55.2 Å². The summed E-state index contributed by atoms with van der Waals surface area (Å²) in [4.78, 5) is 49.4. The number of aromatic amines is 1. The molecule has 5 rings (SSSR count). The second-order valence-corrected chi connectivity index (χ2v) is 14.2. The molecule has 3 aromatic carbocycles. The Bertz CT molecular complexity index is 1750. The fraction of sp³-hybridized carbons (Fsp3) is 0.395. The second kappa shape index (κ2) is 17.8. The number of amides is 2. The fourth-order valence-corrected chi connectivity index (χ4v) is 7.81. The number of para-hydroxylation sites is 1. The molecule has 4 aromatic rings. The van der Waals surface area contributed by atoms with E-state index in [1.807, 2.05) is 72.9 Å². The van der Waals surface area contributed by atoms with E-state index in [9.17, 15) is 14.4 Å². The van der Waals surface area contributed by atoms with Crippen LogP contribution in [0.15, 0.2) is 82.7 Å². The molecule has 0 unspecified atom stereocenters. The number of aromatic nitrogens is 1. The van der Waals surface area contributed by atoms with Crippen LogP contribution in [0.25, 0.3) is 10.9 Å². The van der Waals surface area contributed by atoms with Gasteiger partial charge in [0.05, 0.1) is 6.04 Å². The summed E-state index contributed by atoms with van der Waals surface area (Å²) in [7, 11) is 1.68. The van der Waals surface area contributed by atoms with Crippen LogP contribution >= 0.6 is 23.4 Å². The number of nitrogens with one attached hydrogen (secondary N) is 3. The normalized spacial score (nSPS) is 19.7. The first-order valence-electron chi connectivity index (χ1n) is 17.1. The Morgan fingerprint density at radius 3 is 2.45 bits per heavy atom. The number of rotatable bonds is 9. The summed E-state index contributed by atoms with van der Waals surface area (Å²) in [5, 5.41) is 8.23. The van der Waals surface area contributed by atoms with Crippen LogP contribution < -0.4 is 22.1 Å². The number of hydrogen-bond donors (Lipinski definition) is 5. The van der Waals surface area contributed by atoms with E-state index in [1.54, 1.807) is 23.7 Å². The van der Waals surface area contributed by atoms with Gasteiger partial charge >= 0.3 is 0 Å². The molecule has 7 N–H and O–H groups in total. The van der Waals surface area contributed by atoms with Crippen molar-refractivity contribution in [1.82, 2.24) is 20.5 Å². The number of nitrogens with zero attached hydrogens (tertiary/aromatic N) is 1. The minimum Gasteiger partial charge on any atom is -0.361 e. The fourth-order valence-electron chi connectivity index (χ4n) is 6.46. The first kappa shape index (κ1) is 36.6. The molecule has 0 saturated heterocycles. The molecular formula is C38H47ClN6O3S. The smallest absolute Gasteiger partial charge is 0.243 e. The molecular weight excluding hydrogens is 656 g/mol. The van der Waals surface area contributed by atoms with Gasteiger partial charge in [0.2, 0.25) is 11.8 Å². The number of carbonyl (C=O) groups excluding carboxylic acids is 3. The molecule has 0 fully saturated rings. The molecule has 9 nitrogen and oxygen atoms in total. The summed E-state index contributed by atoms with van der Waals surface area (Å²) in [5.74, 6) is -1.12. The summed E-state index contributed by atoms with van der Waals surface area (Å²) in [6, 6.07) is 20.3. The summed E-state index contributed by atoms with van der Waals surface area (Å²) in [6.45, 7) is 1.68. The predicted molar refractivity (Wildman–Crippen MR) is 197 cm³/mol. The first-order valence-corrected chi connectivity index (χ1v) is 18.3. The maximum atomic E-state index is 14.4. The van der Waals surface area contributed by atoms with E-state index in [2.05, 4.69) is 15.6 Å². The number of H-pyrrole nitrogens is 1. The summed E-state index contributed by atoms with van der Waals surface area (Å²) in [5.41, 5.74) is 15.5. The monoisotopic (exact) mass is 702 g/mol. The number of nitrogens with two attached hydrogens (primary N) is 2. The highest BCUT2D eigenvalue weighted by molar-refractivity contribution is 7.99. The number of carbonyl (C=O) groups is 3. The summed E-state index contributed by atoms with van der Waals surface area (Å²) < 4.78 is 0. The zero-order chi connectivity index (χ0) is 34.8. The summed E-state index contributed by atoms with van der Waals surface area (Å²) in [6.07, 6.45) is 5.46. The van der Waals surface area contributed by atoms with Crippen LogP contribution in [-0.2, 0) is 33.9 Å². The molecule has 0 spiro atoms. The predicted octanol–water partition coefficient (Wildman–Crippen LogP) is 5.57. The van der Waals surface area contributed by atoms with Crippen LogP contribution in [0, 0.1) is 5.92 Å². The van der Waals surface area contributed by atoms with Gasteiger partial charge in [0.25, 0.3) is 0 Å². The number of ketones is 1. The zero-order valence-electron chi connectivity index (χ0n) is 28.1. The van der Waals surface area contributed by atoms with E-state index in [0.717, 1.165) is 43.8 Å². The van der Waals surface area contributed by atoms with Gasteiger partial charge in [-0.05, 0) is 79.7 Å². The Labute approximate surface area is 297 Å². The summed E-state index contributed by atoms with van der Waals surface area (Å²) >= 11 is 8.05. The Hall–Kier alpha value is -3.67. The van der Waals surface area contributed by atoms with Gasteiger partial charge in [-0.25, -0.2) is 0 Å². The lowest BCUT2D eigenvalue weighted by Gasteiger charge is -2.31. The van der Waals surface area contributed by atoms with Gasteiger partial charge in [0.1, 0.15) is 6.04 Å². The highest BCUT2D eigenvalue weighted by Gasteiger charge is 2.34. The molecule has 0 bridgehead atoms. The van der Waals surface area contributed by atoms with E-state index in [1.165, 1.54) is 0 Å². The van der Waals surface area contributed by atoms with Crippen molar-refractivity contribution in [1.29, 1.82) is 0 Å². The first-order chi connectivity index (χ1) is 23.8. The van der Waals surface area contributed by atoms with Crippen molar-refractivity contribution in [2.45, 2.75) is 79.9 Å². The average Bonchev–Trinajstić information content (AvgIpc) is 3.52. The lowest BCUT2D eigenvalue weighted by Crippen LogP contribution is -2.51. The van der Waals surface area contributed by atoms with E-state index >= 15 is 0 Å². The lowest BCUT2D eigenvalue weighted by molar-refractivity contribution is -0.143. The Morgan fingerprint density at radius 1 is 0.878 bits per heavy atom. The van der Waals surface area contributed by atoms with Crippen LogP contribution in [0.2, 0.25) is 5.02 Å². The van der Waals surface area contributed by atoms with Crippen LogP contribution in [-0.4, -0.2) is 59.7 Å². The highest BCUT2D eigenvalue weighted by atomic mass is 35.5. The number of benzene rings is 3. The third-order valence-corrected chi connectivity index (χ3v) is 10.8. The van der Waals surface area contributed by atoms with Gasteiger partial charge in [-0.3, -0.25) is 14.4 Å². The van der Waals surface area contributed by atoms with E-state index in [4.69, 9.17) is 23.1 Å². The van der Waals surface area contributed by atoms with Gasteiger partial charge in [-0.2, -0.15) is 0 Å². The van der Waals surface area contributed by atoms with Gasteiger partial charge in [-0.15, -0.1) is 0 Å². The van der Waals surface area contributed by atoms with Gasteiger partial charge in [0.15, 0.2) is 5.78 Å². The standard InChI is InChI=1S/C38H47ClN6O3S/c1-45-33(19-28-24-42-31-12-4-3-11-30(28)31)37(47)44-23-27-15-16-29(39)21-36(27)49-35-14-5-2-10-26(35)22-43-32(13-8-18-41)34(46)20-25(38(45)48)9-6-7-17-40/h2-5,10-12,14-16,21,24-25,32-33,42-43H,6-9,13,17-20,22-23,40-41H2,1H3,(H,44,47)/t25-,32+,33+/m1/s1. The Balaban J connectivity index is 1.55. The molecule has 2 amide bonds. The molecule has 260 valence electrons. The highest BCUT2D eigenvalue weighted by Crippen LogP contribution is 2.35. The lowest BCUT2D eigenvalue weighted by atomic mass is 9.90.